The standard InChI is InChI=1S/C20H17NO5S2/c1-25-14-9-8-13(15(11-14)26-2)10-16-18(22)21(20(27)28-16)17(19(23)24)12-6-4-3-5-7-12/h3-11,17H,1-2H3,(H,23,24)/b16-10+/t17-/m0/s1. The van der Waals surface area contributed by atoms with Gasteiger partial charge in [0.05, 0.1) is 19.1 Å². The van der Waals surface area contributed by atoms with Gasteiger partial charge in [-0.1, -0.05) is 54.3 Å². The Morgan fingerprint density at radius 2 is 1.89 bits per heavy atom. The molecule has 1 fully saturated rings. The monoisotopic (exact) mass is 415 g/mol. The Bertz CT molecular complexity index is 958. The van der Waals surface area contributed by atoms with Crippen LogP contribution >= 0.6 is 24.0 Å². The molecular weight excluding hydrogens is 398 g/mol. The van der Waals surface area contributed by atoms with Crippen molar-refractivity contribution in [2.75, 3.05) is 14.2 Å². The van der Waals surface area contributed by atoms with Gasteiger partial charge in [0, 0.05) is 11.6 Å². The van der Waals surface area contributed by atoms with Crippen molar-refractivity contribution in [3.63, 3.8) is 0 Å². The maximum Gasteiger partial charge on any atom is 0.331 e. The van der Waals surface area contributed by atoms with Gasteiger partial charge >= 0.3 is 5.97 Å². The molecule has 0 radical (unpaired) electrons. The number of hydrogen-bond acceptors (Lipinski definition) is 6. The Labute approximate surface area is 171 Å². The molecule has 3 rings (SSSR count). The summed E-state index contributed by atoms with van der Waals surface area (Å²) in [6.07, 6.45) is 1.64. The van der Waals surface area contributed by atoms with E-state index < -0.39 is 17.9 Å². The van der Waals surface area contributed by atoms with E-state index in [2.05, 4.69) is 0 Å². The van der Waals surface area contributed by atoms with Crippen LogP contribution < -0.4 is 9.47 Å². The van der Waals surface area contributed by atoms with Crippen molar-refractivity contribution in [3.05, 3.63) is 64.6 Å². The number of aliphatic carboxylic acids is 1. The Morgan fingerprint density at radius 1 is 1.18 bits per heavy atom. The molecule has 0 spiro atoms. The number of carbonyl (C=O) groups excluding carboxylic acids is 1. The summed E-state index contributed by atoms with van der Waals surface area (Å²) in [6.45, 7) is 0. The Morgan fingerprint density at radius 3 is 2.50 bits per heavy atom. The molecule has 1 amide bonds. The normalized spacial score (nSPS) is 16.4. The average Bonchev–Trinajstić information content (AvgIpc) is 2.97. The molecule has 0 saturated carbocycles. The third-order valence-electron chi connectivity index (χ3n) is 4.16. The van der Waals surface area contributed by atoms with Crippen LogP contribution in [-0.2, 0) is 9.59 Å². The summed E-state index contributed by atoms with van der Waals surface area (Å²) in [6, 6.07) is 12.6. The number of carbonyl (C=O) groups is 2. The number of benzene rings is 2. The first kappa shape index (κ1) is 19.9. The third-order valence-corrected chi connectivity index (χ3v) is 5.49. The summed E-state index contributed by atoms with van der Waals surface area (Å²) in [5.41, 5.74) is 1.14. The maximum absolute atomic E-state index is 13.0. The lowest BCUT2D eigenvalue weighted by Crippen LogP contribution is -2.37. The minimum Gasteiger partial charge on any atom is -0.497 e. The highest BCUT2D eigenvalue weighted by atomic mass is 32.2. The lowest BCUT2D eigenvalue weighted by Gasteiger charge is -2.23. The Balaban J connectivity index is 1.97. The molecule has 28 heavy (non-hydrogen) atoms. The molecule has 0 aliphatic carbocycles. The fourth-order valence-corrected chi connectivity index (χ4v) is 4.12. The molecule has 0 aromatic heterocycles. The predicted molar refractivity (Wildman–Crippen MR) is 111 cm³/mol. The van der Waals surface area contributed by atoms with E-state index in [-0.39, 0.29) is 4.32 Å². The highest BCUT2D eigenvalue weighted by Gasteiger charge is 2.41. The van der Waals surface area contributed by atoms with E-state index in [0.29, 0.717) is 27.5 Å². The van der Waals surface area contributed by atoms with Crippen molar-refractivity contribution in [2.45, 2.75) is 6.04 Å². The molecule has 144 valence electrons. The number of amides is 1. The topological polar surface area (TPSA) is 76.1 Å². The minimum absolute atomic E-state index is 0.194. The molecule has 2 aromatic rings. The fraction of sp³-hybridized carbons (Fsp3) is 0.150. The zero-order valence-electron chi connectivity index (χ0n) is 15.1. The lowest BCUT2D eigenvalue weighted by atomic mass is 10.1. The van der Waals surface area contributed by atoms with Gasteiger partial charge in [-0.2, -0.15) is 0 Å². The van der Waals surface area contributed by atoms with Gasteiger partial charge in [0.1, 0.15) is 15.8 Å². The van der Waals surface area contributed by atoms with Crippen molar-refractivity contribution in [3.8, 4) is 11.5 Å². The molecule has 0 unspecified atom stereocenters. The van der Waals surface area contributed by atoms with Gasteiger partial charge in [-0.3, -0.25) is 9.69 Å². The molecule has 6 nitrogen and oxygen atoms in total. The van der Waals surface area contributed by atoms with Crippen LogP contribution in [0.2, 0.25) is 0 Å². The van der Waals surface area contributed by atoms with Crippen molar-refractivity contribution >= 4 is 46.3 Å². The molecular formula is C20H17NO5S2. The summed E-state index contributed by atoms with van der Waals surface area (Å²) >= 11 is 6.38. The molecule has 1 N–H and O–H groups in total. The van der Waals surface area contributed by atoms with Gasteiger partial charge < -0.3 is 14.6 Å². The van der Waals surface area contributed by atoms with Crippen LogP contribution in [0, 0.1) is 0 Å². The van der Waals surface area contributed by atoms with Crippen LogP contribution in [0.1, 0.15) is 17.2 Å². The molecule has 1 saturated heterocycles. The Hall–Kier alpha value is -2.84. The zero-order valence-corrected chi connectivity index (χ0v) is 16.8. The average molecular weight is 415 g/mol. The third kappa shape index (κ3) is 3.88. The number of carboxylic acids is 1. The molecule has 2 aromatic carbocycles. The molecule has 0 bridgehead atoms. The number of ether oxygens (including phenoxy) is 2. The smallest absolute Gasteiger partial charge is 0.331 e. The van der Waals surface area contributed by atoms with Gasteiger partial charge in [-0.15, -0.1) is 0 Å². The molecule has 1 aliphatic heterocycles. The highest BCUT2D eigenvalue weighted by Crippen LogP contribution is 2.39. The van der Waals surface area contributed by atoms with E-state index >= 15 is 0 Å². The van der Waals surface area contributed by atoms with Gasteiger partial charge in [0.15, 0.2) is 6.04 Å². The van der Waals surface area contributed by atoms with Crippen LogP contribution in [0.25, 0.3) is 6.08 Å². The number of methoxy groups -OCH3 is 2. The molecule has 1 heterocycles. The quantitative estimate of drug-likeness (QED) is 0.569. The summed E-state index contributed by atoms with van der Waals surface area (Å²) in [7, 11) is 3.07. The number of thiocarbonyl (C=S) groups is 1. The molecule has 8 heteroatoms. The Kier molecular flexibility index (Phi) is 6.01. The summed E-state index contributed by atoms with van der Waals surface area (Å²) < 4.78 is 10.7. The number of hydrogen-bond donors (Lipinski definition) is 1. The lowest BCUT2D eigenvalue weighted by molar-refractivity contribution is -0.145. The summed E-state index contributed by atoms with van der Waals surface area (Å²) in [4.78, 5) is 26.3. The minimum atomic E-state index is -1.18. The number of carboxylic acid groups (broad SMARTS) is 1. The molecule has 1 aliphatic rings. The van der Waals surface area contributed by atoms with Crippen molar-refractivity contribution in [1.82, 2.24) is 4.90 Å². The second kappa shape index (κ2) is 8.45. The van der Waals surface area contributed by atoms with Gasteiger partial charge in [-0.05, 0) is 23.8 Å². The second-order valence-electron chi connectivity index (χ2n) is 5.81. The zero-order chi connectivity index (χ0) is 20.3. The van der Waals surface area contributed by atoms with Crippen molar-refractivity contribution in [1.29, 1.82) is 0 Å². The summed E-state index contributed by atoms with van der Waals surface area (Å²) in [5.74, 6) is -0.450. The fourth-order valence-electron chi connectivity index (χ4n) is 2.82. The van der Waals surface area contributed by atoms with Crippen LogP contribution in [-0.4, -0.2) is 40.4 Å². The largest absolute Gasteiger partial charge is 0.497 e. The van der Waals surface area contributed by atoms with Gasteiger partial charge in [0.2, 0.25) is 0 Å². The van der Waals surface area contributed by atoms with E-state index in [4.69, 9.17) is 21.7 Å². The maximum atomic E-state index is 13.0. The van der Waals surface area contributed by atoms with E-state index in [1.807, 2.05) is 0 Å². The number of nitrogens with zero attached hydrogens (tertiary/aromatic N) is 1. The first-order valence-corrected chi connectivity index (χ1v) is 9.45. The number of thioether (sulfide) groups is 1. The van der Waals surface area contributed by atoms with E-state index in [1.54, 1.807) is 61.7 Å². The second-order valence-corrected chi connectivity index (χ2v) is 7.49. The van der Waals surface area contributed by atoms with Crippen LogP contribution in [0.4, 0.5) is 0 Å². The first-order chi connectivity index (χ1) is 13.5. The SMILES string of the molecule is COc1ccc(/C=C2/SC(=S)N([C@H](C(=O)O)c3ccccc3)C2=O)c(OC)c1. The van der Waals surface area contributed by atoms with E-state index in [9.17, 15) is 14.7 Å². The van der Waals surface area contributed by atoms with Crippen LogP contribution in [0.5, 0.6) is 11.5 Å². The van der Waals surface area contributed by atoms with Crippen LogP contribution in [0.15, 0.2) is 53.4 Å². The highest BCUT2D eigenvalue weighted by molar-refractivity contribution is 8.26. The van der Waals surface area contributed by atoms with Crippen molar-refractivity contribution < 1.29 is 24.2 Å². The predicted octanol–water partition coefficient (Wildman–Crippen LogP) is 3.73. The van der Waals surface area contributed by atoms with Crippen molar-refractivity contribution in [2.24, 2.45) is 0 Å². The van der Waals surface area contributed by atoms with E-state index in [1.165, 1.54) is 7.11 Å². The first-order valence-electron chi connectivity index (χ1n) is 8.23. The van der Waals surface area contributed by atoms with Crippen LogP contribution in [0.3, 0.4) is 0 Å². The van der Waals surface area contributed by atoms with Gasteiger partial charge in [-0.25, -0.2) is 4.79 Å². The summed E-state index contributed by atoms with van der Waals surface area (Å²) in [5, 5.41) is 9.72. The number of rotatable bonds is 6. The molecule has 1 atom stereocenters. The van der Waals surface area contributed by atoms with Gasteiger partial charge in [0.25, 0.3) is 5.91 Å². The van der Waals surface area contributed by atoms with E-state index in [0.717, 1.165) is 16.7 Å².